The number of thiazole rings is 1. The van der Waals surface area contributed by atoms with Crippen molar-refractivity contribution in [3.8, 4) is 5.75 Å². The second-order valence-corrected chi connectivity index (χ2v) is 5.10. The van der Waals surface area contributed by atoms with Crippen LogP contribution >= 0.6 is 11.3 Å². The Bertz CT molecular complexity index is 556. The normalized spacial score (nSPS) is 12.4. The molecule has 0 aliphatic carbocycles. The summed E-state index contributed by atoms with van der Waals surface area (Å²) in [5.74, 6) is -0.0921. The molecule has 0 spiro atoms. The quantitative estimate of drug-likeness (QED) is 0.912. The lowest BCUT2D eigenvalue weighted by Gasteiger charge is -2.16. The van der Waals surface area contributed by atoms with Crippen molar-refractivity contribution in [2.45, 2.75) is 19.9 Å². The molecule has 1 atom stereocenters. The van der Waals surface area contributed by atoms with Gasteiger partial charge in [0, 0.05) is 11.1 Å². The van der Waals surface area contributed by atoms with E-state index < -0.39 is 0 Å². The van der Waals surface area contributed by atoms with Gasteiger partial charge in [0.1, 0.15) is 5.01 Å². The first-order valence-electron chi connectivity index (χ1n) is 6.14. The van der Waals surface area contributed by atoms with Crippen molar-refractivity contribution in [1.82, 2.24) is 10.3 Å². The molecule has 5 heteroatoms. The van der Waals surface area contributed by atoms with Crippen molar-refractivity contribution in [1.29, 1.82) is 0 Å². The summed E-state index contributed by atoms with van der Waals surface area (Å²) in [5, 5.41) is 6.28. The fraction of sp³-hybridized carbons (Fsp3) is 0.357. The first-order valence-corrected chi connectivity index (χ1v) is 7.02. The fourth-order valence-corrected chi connectivity index (χ4v) is 2.82. The summed E-state index contributed by atoms with van der Waals surface area (Å²) >= 11 is 1.58. The van der Waals surface area contributed by atoms with Crippen LogP contribution in [0.3, 0.4) is 0 Å². The maximum Gasteiger partial charge on any atom is 0.165 e. The molecule has 102 valence electrons. The van der Waals surface area contributed by atoms with Gasteiger partial charge in [0.2, 0.25) is 0 Å². The highest BCUT2D eigenvalue weighted by Gasteiger charge is 2.18. The topological polar surface area (TPSA) is 34.1 Å². The van der Waals surface area contributed by atoms with Crippen LogP contribution in [0.1, 0.15) is 29.2 Å². The molecular weight excluding hydrogens is 263 g/mol. The van der Waals surface area contributed by atoms with Gasteiger partial charge in [-0.25, -0.2) is 9.37 Å². The van der Waals surface area contributed by atoms with Gasteiger partial charge in [-0.05, 0) is 31.2 Å². The lowest BCUT2D eigenvalue weighted by Crippen LogP contribution is -2.22. The predicted octanol–water partition coefficient (Wildman–Crippen LogP) is 3.30. The van der Waals surface area contributed by atoms with E-state index >= 15 is 0 Å². The Kier molecular flexibility index (Phi) is 4.50. The molecule has 1 aromatic heterocycles. The molecule has 2 rings (SSSR count). The van der Waals surface area contributed by atoms with E-state index in [9.17, 15) is 4.39 Å². The second-order valence-electron chi connectivity index (χ2n) is 4.21. The monoisotopic (exact) mass is 280 g/mol. The third-order valence-corrected chi connectivity index (χ3v) is 3.83. The number of benzene rings is 1. The number of aromatic nitrogens is 1. The summed E-state index contributed by atoms with van der Waals surface area (Å²) < 4.78 is 18.7. The van der Waals surface area contributed by atoms with Crippen LogP contribution in [0.2, 0.25) is 0 Å². The number of aryl methyl sites for hydroxylation is 1. The van der Waals surface area contributed by atoms with E-state index in [1.54, 1.807) is 17.4 Å². The Morgan fingerprint density at radius 3 is 2.79 bits per heavy atom. The molecule has 19 heavy (non-hydrogen) atoms. The molecule has 0 bridgehead atoms. The summed E-state index contributed by atoms with van der Waals surface area (Å²) in [7, 11) is 1.46. The number of hydrogen-bond acceptors (Lipinski definition) is 4. The molecule has 1 heterocycles. The Morgan fingerprint density at radius 1 is 1.47 bits per heavy atom. The van der Waals surface area contributed by atoms with Gasteiger partial charge in [0.25, 0.3) is 0 Å². The van der Waals surface area contributed by atoms with E-state index in [2.05, 4.69) is 10.3 Å². The Morgan fingerprint density at radius 2 is 2.26 bits per heavy atom. The highest BCUT2D eigenvalue weighted by molar-refractivity contribution is 7.09. The second kappa shape index (κ2) is 6.12. The van der Waals surface area contributed by atoms with Crippen LogP contribution in [0.25, 0.3) is 0 Å². The molecule has 0 aliphatic heterocycles. The summed E-state index contributed by atoms with van der Waals surface area (Å²) in [6.45, 7) is 4.77. The molecule has 1 aromatic carbocycles. The molecule has 0 fully saturated rings. The minimum absolute atomic E-state index is 0.0795. The van der Waals surface area contributed by atoms with Crippen molar-refractivity contribution >= 4 is 11.3 Å². The van der Waals surface area contributed by atoms with Crippen molar-refractivity contribution in [2.24, 2.45) is 0 Å². The number of hydrogen-bond donors (Lipinski definition) is 1. The molecule has 0 saturated heterocycles. The molecule has 0 radical (unpaired) electrons. The number of rotatable bonds is 5. The number of halogens is 1. The predicted molar refractivity (Wildman–Crippen MR) is 75.3 cm³/mol. The lowest BCUT2D eigenvalue weighted by molar-refractivity contribution is 0.385. The maximum atomic E-state index is 13.8. The van der Waals surface area contributed by atoms with Crippen molar-refractivity contribution in [3.05, 3.63) is 45.7 Å². The molecule has 0 aliphatic rings. The van der Waals surface area contributed by atoms with E-state index in [-0.39, 0.29) is 17.6 Å². The van der Waals surface area contributed by atoms with Crippen molar-refractivity contribution < 1.29 is 9.13 Å². The van der Waals surface area contributed by atoms with Gasteiger partial charge in [-0.1, -0.05) is 13.0 Å². The van der Waals surface area contributed by atoms with Crippen LogP contribution in [0.4, 0.5) is 4.39 Å². The molecule has 1 unspecified atom stereocenters. The van der Waals surface area contributed by atoms with Gasteiger partial charge < -0.3 is 10.1 Å². The van der Waals surface area contributed by atoms with Crippen molar-refractivity contribution in [2.75, 3.05) is 13.7 Å². The van der Waals surface area contributed by atoms with Crippen LogP contribution in [0.15, 0.2) is 23.6 Å². The number of nitrogens with one attached hydrogen (secondary N) is 1. The fourth-order valence-electron chi connectivity index (χ4n) is 1.92. The van der Waals surface area contributed by atoms with E-state index in [0.717, 1.165) is 22.8 Å². The average molecular weight is 280 g/mol. The van der Waals surface area contributed by atoms with Crippen molar-refractivity contribution in [3.63, 3.8) is 0 Å². The Balaban J connectivity index is 2.36. The highest BCUT2D eigenvalue weighted by Crippen LogP contribution is 2.28. The maximum absolute atomic E-state index is 13.8. The molecule has 0 amide bonds. The van der Waals surface area contributed by atoms with E-state index in [4.69, 9.17) is 4.74 Å². The zero-order valence-corrected chi connectivity index (χ0v) is 12.1. The van der Waals surface area contributed by atoms with E-state index in [1.165, 1.54) is 13.2 Å². The third-order valence-electron chi connectivity index (χ3n) is 2.80. The highest BCUT2D eigenvalue weighted by atomic mass is 32.1. The molecule has 1 N–H and O–H groups in total. The summed E-state index contributed by atoms with van der Waals surface area (Å²) in [5.41, 5.74) is 1.84. The number of methoxy groups -OCH3 is 1. The Hall–Kier alpha value is -1.46. The molecule has 3 nitrogen and oxygen atoms in total. The summed E-state index contributed by atoms with van der Waals surface area (Å²) in [6, 6.07) is 4.94. The van der Waals surface area contributed by atoms with Crippen LogP contribution < -0.4 is 10.1 Å². The van der Waals surface area contributed by atoms with Gasteiger partial charge in [-0.2, -0.15) is 0 Å². The van der Waals surface area contributed by atoms with E-state index in [1.807, 2.05) is 25.3 Å². The van der Waals surface area contributed by atoms with Crippen LogP contribution in [0.5, 0.6) is 5.75 Å². The molecule has 2 aromatic rings. The van der Waals surface area contributed by atoms with Gasteiger partial charge >= 0.3 is 0 Å². The van der Waals surface area contributed by atoms with Gasteiger partial charge in [-0.15, -0.1) is 11.3 Å². The Labute approximate surface area is 116 Å². The van der Waals surface area contributed by atoms with Crippen LogP contribution in [0, 0.1) is 12.7 Å². The molecular formula is C14H17FN2OS. The summed E-state index contributed by atoms with van der Waals surface area (Å²) in [6.07, 6.45) is 0. The van der Waals surface area contributed by atoms with Gasteiger partial charge in [-0.3, -0.25) is 0 Å². The standard InChI is InChI=1S/C14H17FN2OS/c1-4-16-13(14-17-9(2)8-19-14)10-5-6-12(18-3)11(15)7-10/h5-8,13,16H,4H2,1-3H3. The first-order chi connectivity index (χ1) is 9.15. The van der Waals surface area contributed by atoms with Gasteiger partial charge in [0.15, 0.2) is 11.6 Å². The van der Waals surface area contributed by atoms with Gasteiger partial charge in [0.05, 0.1) is 13.2 Å². The largest absolute Gasteiger partial charge is 0.494 e. The molecule has 0 saturated carbocycles. The zero-order chi connectivity index (χ0) is 13.8. The number of nitrogens with zero attached hydrogens (tertiary/aromatic N) is 1. The minimum atomic E-state index is -0.351. The SMILES string of the molecule is CCNC(c1ccc(OC)c(F)c1)c1nc(C)cs1. The summed E-state index contributed by atoms with van der Waals surface area (Å²) in [4.78, 5) is 4.48. The van der Waals surface area contributed by atoms with Crippen LogP contribution in [-0.2, 0) is 0 Å². The lowest BCUT2D eigenvalue weighted by atomic mass is 10.1. The van der Waals surface area contributed by atoms with Crippen LogP contribution in [-0.4, -0.2) is 18.6 Å². The van der Waals surface area contributed by atoms with E-state index in [0.29, 0.717) is 0 Å². The average Bonchev–Trinajstić information content (AvgIpc) is 2.82. The number of ether oxygens (including phenoxy) is 1. The smallest absolute Gasteiger partial charge is 0.165 e. The third kappa shape index (κ3) is 3.11. The first kappa shape index (κ1) is 14.0. The zero-order valence-electron chi connectivity index (χ0n) is 11.2. The minimum Gasteiger partial charge on any atom is -0.494 e.